The van der Waals surface area contributed by atoms with Gasteiger partial charge in [-0.2, -0.15) is 0 Å². The third kappa shape index (κ3) is 0.976. The molecule has 2 heteroatoms. The molecule has 1 aromatic carbocycles. The molecule has 2 aromatic rings. The largest absolute Gasteiger partial charge is 0.142 e. The minimum atomic E-state index is 1.12. The molecule has 0 saturated heterocycles. The lowest BCUT2D eigenvalue weighted by Crippen LogP contribution is -1.63. The summed E-state index contributed by atoms with van der Waals surface area (Å²) in [4.78, 5) is 0. The lowest BCUT2D eigenvalue weighted by molar-refractivity contribution is 1.76. The fourth-order valence-corrected chi connectivity index (χ4v) is 1.93. The van der Waals surface area contributed by atoms with Crippen LogP contribution < -0.4 is 0 Å². The van der Waals surface area contributed by atoms with Crippen molar-refractivity contribution < 1.29 is 0 Å². The summed E-state index contributed by atoms with van der Waals surface area (Å²) in [7, 11) is 0. The molecule has 0 aliphatic carbocycles. The number of halogens is 1. The Hall–Kier alpha value is -0.340. The van der Waals surface area contributed by atoms with Crippen LogP contribution in [0, 0.1) is 5.38 Å². The minimum Gasteiger partial charge on any atom is -0.142 e. The highest BCUT2D eigenvalue weighted by atomic mass is 79.9. The van der Waals surface area contributed by atoms with Crippen LogP contribution in [0.1, 0.15) is 0 Å². The number of benzene rings is 1. The van der Waals surface area contributed by atoms with Crippen molar-refractivity contribution in [2.75, 3.05) is 0 Å². The number of rotatable bonds is 0. The predicted molar refractivity (Wildman–Crippen MR) is 48.4 cm³/mol. The molecule has 0 aliphatic rings. The Bertz CT molecular complexity index is 351. The topological polar surface area (TPSA) is 0 Å². The van der Waals surface area contributed by atoms with Gasteiger partial charge in [0.05, 0.1) is 5.38 Å². The third-order valence-corrected chi connectivity index (χ3v) is 2.57. The maximum Gasteiger partial charge on any atom is 0.0527 e. The molecule has 10 heavy (non-hydrogen) atoms. The first-order valence-corrected chi connectivity index (χ1v) is 4.58. The average molecular weight is 212 g/mol. The quantitative estimate of drug-likeness (QED) is 0.627. The molecule has 0 nitrogen and oxygen atoms in total. The Morgan fingerprint density at radius 2 is 2.30 bits per heavy atom. The normalized spacial score (nSPS) is 10.5. The Balaban J connectivity index is 2.86. The fourth-order valence-electron chi connectivity index (χ4n) is 0.876. The molecule has 0 saturated carbocycles. The van der Waals surface area contributed by atoms with E-state index < -0.39 is 0 Å². The van der Waals surface area contributed by atoms with Crippen LogP contribution in [0.2, 0.25) is 0 Å². The number of hydrogen-bond donors (Lipinski definition) is 0. The van der Waals surface area contributed by atoms with Crippen molar-refractivity contribution in [2.24, 2.45) is 0 Å². The van der Waals surface area contributed by atoms with Crippen LogP contribution in [0.5, 0.6) is 0 Å². The zero-order chi connectivity index (χ0) is 6.97. The summed E-state index contributed by atoms with van der Waals surface area (Å²) in [5.41, 5.74) is 0. The van der Waals surface area contributed by atoms with Crippen molar-refractivity contribution in [1.82, 2.24) is 0 Å². The van der Waals surface area contributed by atoms with E-state index in [0.717, 1.165) is 4.47 Å². The van der Waals surface area contributed by atoms with Gasteiger partial charge in [0.25, 0.3) is 0 Å². The first kappa shape index (κ1) is 6.38. The van der Waals surface area contributed by atoms with Gasteiger partial charge in [0.1, 0.15) is 0 Å². The average Bonchev–Trinajstić information content (AvgIpc) is 2.33. The highest BCUT2D eigenvalue weighted by Crippen LogP contribution is 2.21. The van der Waals surface area contributed by atoms with Crippen LogP contribution in [0.3, 0.4) is 0 Å². The molecule has 0 spiro atoms. The monoisotopic (exact) mass is 211 g/mol. The van der Waals surface area contributed by atoms with Crippen molar-refractivity contribution in [2.45, 2.75) is 0 Å². The van der Waals surface area contributed by atoms with E-state index in [1.807, 2.05) is 6.07 Å². The molecule has 2 rings (SSSR count). The van der Waals surface area contributed by atoms with E-state index in [0.29, 0.717) is 0 Å². The predicted octanol–water partition coefficient (Wildman–Crippen LogP) is 3.46. The summed E-state index contributed by atoms with van der Waals surface area (Å²) in [6.45, 7) is 0. The van der Waals surface area contributed by atoms with Crippen LogP contribution in [0.25, 0.3) is 10.8 Å². The molecule has 1 radical (unpaired) electrons. The molecule has 0 atom stereocenters. The SMILES string of the molecule is Brc1ccc2cs[c]c2c1. The van der Waals surface area contributed by atoms with Crippen molar-refractivity contribution in [3.63, 3.8) is 0 Å². The highest BCUT2D eigenvalue weighted by Gasteiger charge is 1.93. The van der Waals surface area contributed by atoms with Crippen LogP contribution in [0.4, 0.5) is 0 Å². The summed E-state index contributed by atoms with van der Waals surface area (Å²) in [6, 6.07) is 6.21. The highest BCUT2D eigenvalue weighted by molar-refractivity contribution is 9.10. The van der Waals surface area contributed by atoms with Gasteiger partial charge in [0.2, 0.25) is 0 Å². The van der Waals surface area contributed by atoms with E-state index in [4.69, 9.17) is 0 Å². The molecule has 0 bridgehead atoms. The molecule has 0 fully saturated rings. The third-order valence-electron chi connectivity index (χ3n) is 1.37. The Kier molecular flexibility index (Phi) is 1.51. The van der Waals surface area contributed by atoms with Crippen molar-refractivity contribution >= 4 is 38.0 Å². The summed E-state index contributed by atoms with van der Waals surface area (Å²) >= 11 is 5.02. The summed E-state index contributed by atoms with van der Waals surface area (Å²) in [5.74, 6) is 0. The van der Waals surface area contributed by atoms with Crippen molar-refractivity contribution in [1.29, 1.82) is 0 Å². The van der Waals surface area contributed by atoms with Gasteiger partial charge in [-0.25, -0.2) is 0 Å². The van der Waals surface area contributed by atoms with Gasteiger partial charge in [-0.3, -0.25) is 0 Å². The standard InChI is InChI=1S/C8H4BrS/c9-8-2-1-6-4-10-5-7(6)3-8/h1-4H. The van der Waals surface area contributed by atoms with Gasteiger partial charge in [-0.15, -0.1) is 11.3 Å². The van der Waals surface area contributed by atoms with Gasteiger partial charge in [0.15, 0.2) is 0 Å². The Morgan fingerprint density at radius 3 is 3.20 bits per heavy atom. The lowest BCUT2D eigenvalue weighted by Gasteiger charge is -1.88. The van der Waals surface area contributed by atoms with Gasteiger partial charge < -0.3 is 0 Å². The molecule has 0 aliphatic heterocycles. The second-order valence-corrected chi connectivity index (χ2v) is 3.66. The fraction of sp³-hybridized carbons (Fsp3) is 0. The summed E-state index contributed by atoms with van der Waals surface area (Å²) in [5, 5.41) is 7.74. The molecule has 0 unspecified atom stereocenters. The molecule has 0 N–H and O–H groups in total. The van der Waals surface area contributed by atoms with E-state index in [1.54, 1.807) is 11.3 Å². The van der Waals surface area contributed by atoms with E-state index in [9.17, 15) is 0 Å². The van der Waals surface area contributed by atoms with Gasteiger partial charge >= 0.3 is 0 Å². The van der Waals surface area contributed by atoms with Crippen LogP contribution in [0.15, 0.2) is 28.1 Å². The molecule has 1 heterocycles. The zero-order valence-electron chi connectivity index (χ0n) is 5.10. The van der Waals surface area contributed by atoms with Crippen LogP contribution in [-0.2, 0) is 0 Å². The lowest BCUT2D eigenvalue weighted by atomic mass is 10.2. The Morgan fingerprint density at radius 1 is 1.40 bits per heavy atom. The van der Waals surface area contributed by atoms with Gasteiger partial charge in [0, 0.05) is 9.86 Å². The van der Waals surface area contributed by atoms with E-state index in [2.05, 4.69) is 38.8 Å². The van der Waals surface area contributed by atoms with E-state index in [1.165, 1.54) is 10.8 Å². The molecule has 1 aromatic heterocycles. The second kappa shape index (κ2) is 2.36. The zero-order valence-corrected chi connectivity index (χ0v) is 7.50. The maximum absolute atomic E-state index is 3.40. The molecular weight excluding hydrogens is 208 g/mol. The van der Waals surface area contributed by atoms with Gasteiger partial charge in [-0.1, -0.05) is 22.0 Å². The summed E-state index contributed by atoms with van der Waals surface area (Å²) < 4.78 is 1.12. The number of thiophene rings is 1. The van der Waals surface area contributed by atoms with E-state index >= 15 is 0 Å². The minimum absolute atomic E-state index is 1.12. The smallest absolute Gasteiger partial charge is 0.0527 e. The first-order valence-electron chi connectivity index (χ1n) is 2.91. The number of fused-ring (bicyclic) bond motifs is 1. The van der Waals surface area contributed by atoms with E-state index in [-0.39, 0.29) is 0 Å². The number of hydrogen-bond acceptors (Lipinski definition) is 1. The first-order chi connectivity index (χ1) is 4.86. The van der Waals surface area contributed by atoms with Crippen molar-refractivity contribution in [3.05, 3.63) is 33.4 Å². The van der Waals surface area contributed by atoms with Crippen LogP contribution in [-0.4, -0.2) is 0 Å². The Labute approximate surface area is 71.6 Å². The molecular formula is C8H4BrS. The second-order valence-electron chi connectivity index (χ2n) is 2.07. The van der Waals surface area contributed by atoms with Crippen molar-refractivity contribution in [3.8, 4) is 0 Å². The van der Waals surface area contributed by atoms with Gasteiger partial charge in [-0.05, 0) is 22.9 Å². The van der Waals surface area contributed by atoms with Crippen LogP contribution >= 0.6 is 27.3 Å². The summed E-state index contributed by atoms with van der Waals surface area (Å²) in [6.07, 6.45) is 0. The molecule has 49 valence electrons. The molecule has 0 amide bonds. The maximum atomic E-state index is 3.40.